The second kappa shape index (κ2) is 9.58. The van der Waals surface area contributed by atoms with Gasteiger partial charge in [-0.25, -0.2) is 14.9 Å². The molecule has 3 amide bonds. The SMILES string of the molecule is CCCCC(C(=O)N1CCC[C@H]1C(=O)Nc1nccs1)C(F)C(=O)NO. The fourth-order valence-corrected chi connectivity index (χ4v) is 3.59. The van der Waals surface area contributed by atoms with Gasteiger partial charge in [-0.3, -0.25) is 19.6 Å². The molecule has 26 heavy (non-hydrogen) atoms. The first kappa shape index (κ1) is 20.2. The zero-order valence-corrected chi connectivity index (χ0v) is 15.3. The van der Waals surface area contributed by atoms with E-state index >= 15 is 0 Å². The van der Waals surface area contributed by atoms with Gasteiger partial charge in [-0.2, -0.15) is 0 Å². The van der Waals surface area contributed by atoms with E-state index in [9.17, 15) is 18.8 Å². The van der Waals surface area contributed by atoms with E-state index in [0.29, 0.717) is 30.9 Å². The van der Waals surface area contributed by atoms with Gasteiger partial charge in [0.25, 0.3) is 5.91 Å². The molecule has 3 N–H and O–H groups in total. The number of hydrogen-bond donors (Lipinski definition) is 3. The summed E-state index contributed by atoms with van der Waals surface area (Å²) in [4.78, 5) is 42.1. The number of nitrogens with zero attached hydrogens (tertiary/aromatic N) is 2. The van der Waals surface area contributed by atoms with Crippen molar-refractivity contribution >= 4 is 34.2 Å². The lowest BCUT2D eigenvalue weighted by atomic mass is 9.94. The zero-order chi connectivity index (χ0) is 19.1. The third-order valence-electron chi connectivity index (χ3n) is 4.40. The number of amides is 3. The molecule has 2 unspecified atom stereocenters. The van der Waals surface area contributed by atoms with E-state index in [2.05, 4.69) is 10.3 Å². The lowest BCUT2D eigenvalue weighted by Crippen LogP contribution is -2.49. The second-order valence-electron chi connectivity index (χ2n) is 6.14. The highest BCUT2D eigenvalue weighted by Crippen LogP contribution is 2.26. The molecule has 144 valence electrons. The maximum Gasteiger partial charge on any atom is 0.278 e. The van der Waals surface area contributed by atoms with Crippen LogP contribution in [0.1, 0.15) is 39.0 Å². The number of nitrogens with one attached hydrogen (secondary N) is 2. The number of hydroxylamine groups is 1. The number of carbonyl (C=O) groups is 3. The topological polar surface area (TPSA) is 112 Å². The van der Waals surface area contributed by atoms with Gasteiger partial charge in [0.1, 0.15) is 6.04 Å². The Morgan fingerprint density at radius 1 is 1.50 bits per heavy atom. The van der Waals surface area contributed by atoms with E-state index in [1.165, 1.54) is 21.7 Å². The number of anilines is 1. The summed E-state index contributed by atoms with van der Waals surface area (Å²) in [6.45, 7) is 2.21. The summed E-state index contributed by atoms with van der Waals surface area (Å²) >= 11 is 1.26. The highest BCUT2D eigenvalue weighted by Gasteiger charge is 2.41. The van der Waals surface area contributed by atoms with Crippen LogP contribution in [0.2, 0.25) is 0 Å². The van der Waals surface area contributed by atoms with Gasteiger partial charge in [0.05, 0.1) is 5.92 Å². The van der Waals surface area contributed by atoms with Crippen LogP contribution in [0.25, 0.3) is 0 Å². The van der Waals surface area contributed by atoms with Crippen molar-refractivity contribution in [1.29, 1.82) is 0 Å². The molecule has 1 aromatic heterocycles. The number of rotatable bonds is 8. The van der Waals surface area contributed by atoms with Crippen LogP contribution in [0.4, 0.5) is 9.52 Å². The van der Waals surface area contributed by atoms with Crippen LogP contribution in [0.15, 0.2) is 11.6 Å². The first-order valence-corrected chi connectivity index (χ1v) is 9.46. The summed E-state index contributed by atoms with van der Waals surface area (Å²) in [7, 11) is 0. The lowest BCUT2D eigenvalue weighted by Gasteiger charge is -2.29. The molecule has 8 nitrogen and oxygen atoms in total. The predicted molar refractivity (Wildman–Crippen MR) is 93.3 cm³/mol. The molecule has 1 fully saturated rings. The predicted octanol–water partition coefficient (Wildman–Crippen LogP) is 1.72. The third kappa shape index (κ3) is 4.76. The summed E-state index contributed by atoms with van der Waals surface area (Å²) in [6, 6.07) is -0.722. The molecule has 1 aromatic rings. The van der Waals surface area contributed by atoms with Gasteiger partial charge >= 0.3 is 0 Å². The highest BCUT2D eigenvalue weighted by molar-refractivity contribution is 7.13. The van der Waals surface area contributed by atoms with Crippen LogP contribution in [0, 0.1) is 5.92 Å². The fourth-order valence-electron chi connectivity index (χ4n) is 3.05. The number of halogens is 1. The molecular formula is C16H23FN4O4S. The molecule has 0 radical (unpaired) electrons. The maximum atomic E-state index is 14.4. The van der Waals surface area contributed by atoms with Gasteiger partial charge in [0, 0.05) is 18.1 Å². The van der Waals surface area contributed by atoms with Crippen LogP contribution < -0.4 is 10.8 Å². The van der Waals surface area contributed by atoms with Crippen LogP contribution >= 0.6 is 11.3 Å². The van der Waals surface area contributed by atoms with Gasteiger partial charge in [0.2, 0.25) is 11.8 Å². The molecule has 0 saturated carbocycles. The number of alkyl halides is 1. The van der Waals surface area contributed by atoms with Gasteiger partial charge in [0.15, 0.2) is 11.3 Å². The maximum absolute atomic E-state index is 14.4. The standard InChI is InChI=1S/C16H23FN4O4S/c1-2-3-5-10(12(17)14(23)20-25)15(24)21-8-4-6-11(21)13(22)19-16-18-7-9-26-16/h7,9-12,25H,2-6,8H2,1H3,(H,20,23)(H,18,19,22)/t10?,11-,12?/m0/s1. The molecule has 0 bridgehead atoms. The smallest absolute Gasteiger partial charge is 0.278 e. The number of thiazole rings is 1. The second-order valence-corrected chi connectivity index (χ2v) is 7.04. The van der Waals surface area contributed by atoms with Crippen molar-refractivity contribution in [2.75, 3.05) is 11.9 Å². The molecule has 1 aliphatic heterocycles. The van der Waals surface area contributed by atoms with E-state index in [1.807, 2.05) is 6.92 Å². The zero-order valence-electron chi connectivity index (χ0n) is 14.5. The highest BCUT2D eigenvalue weighted by atomic mass is 32.1. The van der Waals surface area contributed by atoms with E-state index in [0.717, 1.165) is 6.42 Å². The Morgan fingerprint density at radius 3 is 2.88 bits per heavy atom. The van der Waals surface area contributed by atoms with Crippen molar-refractivity contribution in [3.63, 3.8) is 0 Å². The van der Waals surface area contributed by atoms with Crippen molar-refractivity contribution in [3.05, 3.63) is 11.6 Å². The van der Waals surface area contributed by atoms with E-state index < -0.39 is 29.9 Å². The minimum absolute atomic E-state index is 0.168. The number of likely N-dealkylation sites (tertiary alicyclic amines) is 1. The average molecular weight is 386 g/mol. The van der Waals surface area contributed by atoms with Gasteiger partial charge < -0.3 is 10.2 Å². The minimum Gasteiger partial charge on any atom is -0.330 e. The van der Waals surface area contributed by atoms with Gasteiger partial charge in [-0.15, -0.1) is 11.3 Å². The van der Waals surface area contributed by atoms with E-state index in [-0.39, 0.29) is 12.3 Å². The molecule has 0 spiro atoms. The third-order valence-corrected chi connectivity index (χ3v) is 5.09. The molecule has 0 aliphatic carbocycles. The Hall–Kier alpha value is -2.07. The lowest BCUT2D eigenvalue weighted by molar-refractivity contribution is -0.148. The molecule has 3 atom stereocenters. The Balaban J connectivity index is 2.11. The van der Waals surface area contributed by atoms with Crippen molar-refractivity contribution in [3.8, 4) is 0 Å². The van der Waals surface area contributed by atoms with Gasteiger partial charge in [-0.05, 0) is 19.3 Å². The average Bonchev–Trinajstić information content (AvgIpc) is 3.32. The van der Waals surface area contributed by atoms with E-state index in [1.54, 1.807) is 11.6 Å². The largest absolute Gasteiger partial charge is 0.330 e. The first-order chi connectivity index (χ1) is 12.5. The van der Waals surface area contributed by atoms with Crippen molar-refractivity contribution in [2.24, 2.45) is 5.92 Å². The Bertz CT molecular complexity index is 628. The monoisotopic (exact) mass is 386 g/mol. The number of aromatic nitrogens is 1. The molecule has 2 heterocycles. The normalized spacial score (nSPS) is 19.0. The van der Waals surface area contributed by atoms with Crippen LogP contribution in [-0.4, -0.2) is 51.6 Å². The van der Waals surface area contributed by atoms with E-state index in [4.69, 9.17) is 5.21 Å². The number of hydrogen-bond acceptors (Lipinski definition) is 6. The van der Waals surface area contributed by atoms with Crippen LogP contribution in [-0.2, 0) is 14.4 Å². The quantitative estimate of drug-likeness (QED) is 0.465. The minimum atomic E-state index is -2.16. The van der Waals surface area contributed by atoms with Crippen LogP contribution in [0.3, 0.4) is 0 Å². The number of unbranched alkanes of at least 4 members (excludes halogenated alkanes) is 1. The molecule has 1 aliphatic rings. The molecule has 0 aromatic carbocycles. The van der Waals surface area contributed by atoms with Crippen molar-refractivity contribution in [1.82, 2.24) is 15.4 Å². The molecule has 2 rings (SSSR count). The first-order valence-electron chi connectivity index (χ1n) is 8.58. The fraction of sp³-hybridized carbons (Fsp3) is 0.625. The summed E-state index contributed by atoms with van der Waals surface area (Å²) in [5, 5.41) is 13.5. The summed E-state index contributed by atoms with van der Waals surface area (Å²) in [6.07, 6.45) is 1.92. The molecule has 10 heteroatoms. The van der Waals surface area contributed by atoms with Crippen molar-refractivity contribution < 1.29 is 24.0 Å². The molecule has 1 saturated heterocycles. The van der Waals surface area contributed by atoms with Crippen LogP contribution in [0.5, 0.6) is 0 Å². The summed E-state index contributed by atoms with van der Waals surface area (Å²) < 4.78 is 14.4. The summed E-state index contributed by atoms with van der Waals surface area (Å²) in [5.74, 6) is -3.42. The number of carbonyl (C=O) groups excluding carboxylic acids is 3. The van der Waals surface area contributed by atoms with Crippen molar-refractivity contribution in [2.45, 2.75) is 51.2 Å². The Labute approximate surface area is 154 Å². The Kier molecular flexibility index (Phi) is 7.46. The Morgan fingerprint density at radius 2 is 2.27 bits per heavy atom. The summed E-state index contributed by atoms with van der Waals surface area (Å²) in [5.41, 5.74) is 1.26. The van der Waals surface area contributed by atoms with Gasteiger partial charge in [-0.1, -0.05) is 19.8 Å². The molecular weight excluding hydrogens is 363 g/mol.